The molecule has 27 heavy (non-hydrogen) atoms. The standard InChI is InChI=1S/C22H21NO4/c1-16-6-5-7-19(14-16)27-18-12-10-17(11-13-18)23-22(24)15-26-21-9-4-3-8-20(21)25-2/h3-14H,15H2,1-2H3,(H,23,24). The first-order valence-corrected chi connectivity index (χ1v) is 8.54. The van der Waals surface area contributed by atoms with Gasteiger partial charge in [-0.05, 0) is 61.0 Å². The van der Waals surface area contributed by atoms with Crippen molar-refractivity contribution in [2.75, 3.05) is 19.0 Å². The highest BCUT2D eigenvalue weighted by Gasteiger charge is 2.07. The molecule has 0 saturated carbocycles. The summed E-state index contributed by atoms with van der Waals surface area (Å²) < 4.78 is 16.5. The summed E-state index contributed by atoms with van der Waals surface area (Å²) in [6.45, 7) is 1.90. The van der Waals surface area contributed by atoms with Gasteiger partial charge in [0.2, 0.25) is 0 Å². The van der Waals surface area contributed by atoms with Crippen LogP contribution in [-0.4, -0.2) is 19.6 Å². The maximum Gasteiger partial charge on any atom is 0.262 e. The van der Waals surface area contributed by atoms with E-state index >= 15 is 0 Å². The average molecular weight is 363 g/mol. The van der Waals surface area contributed by atoms with Gasteiger partial charge in [-0.25, -0.2) is 0 Å². The van der Waals surface area contributed by atoms with Crippen LogP contribution in [0.15, 0.2) is 72.8 Å². The number of carbonyl (C=O) groups is 1. The van der Waals surface area contributed by atoms with Crippen LogP contribution < -0.4 is 19.5 Å². The van der Waals surface area contributed by atoms with Gasteiger partial charge in [0, 0.05) is 5.69 Å². The number of hydrogen-bond acceptors (Lipinski definition) is 4. The molecule has 0 heterocycles. The molecular formula is C22H21NO4. The van der Waals surface area contributed by atoms with Crippen molar-refractivity contribution in [2.45, 2.75) is 6.92 Å². The van der Waals surface area contributed by atoms with E-state index in [-0.39, 0.29) is 12.5 Å². The summed E-state index contributed by atoms with van der Waals surface area (Å²) in [6, 6.07) is 22.2. The van der Waals surface area contributed by atoms with E-state index in [2.05, 4.69) is 5.32 Å². The highest BCUT2D eigenvalue weighted by molar-refractivity contribution is 5.91. The number of benzene rings is 3. The minimum absolute atomic E-state index is 0.109. The van der Waals surface area contributed by atoms with Gasteiger partial charge in [0.15, 0.2) is 18.1 Å². The quantitative estimate of drug-likeness (QED) is 0.654. The third kappa shape index (κ3) is 5.25. The van der Waals surface area contributed by atoms with Crippen molar-refractivity contribution in [1.29, 1.82) is 0 Å². The zero-order valence-corrected chi connectivity index (χ0v) is 15.3. The fourth-order valence-corrected chi connectivity index (χ4v) is 2.50. The van der Waals surface area contributed by atoms with Crippen molar-refractivity contribution in [3.05, 3.63) is 78.4 Å². The number of carbonyl (C=O) groups excluding carboxylic acids is 1. The predicted octanol–water partition coefficient (Wildman–Crippen LogP) is 4.81. The van der Waals surface area contributed by atoms with E-state index in [4.69, 9.17) is 14.2 Å². The summed E-state index contributed by atoms with van der Waals surface area (Å²) >= 11 is 0. The summed E-state index contributed by atoms with van der Waals surface area (Å²) in [5.74, 6) is 2.33. The van der Waals surface area contributed by atoms with E-state index in [1.807, 2.05) is 43.3 Å². The highest BCUT2D eigenvalue weighted by atomic mass is 16.5. The Hall–Kier alpha value is -3.47. The number of rotatable bonds is 7. The number of aryl methyl sites for hydroxylation is 1. The van der Waals surface area contributed by atoms with Crippen LogP contribution in [0.1, 0.15) is 5.56 Å². The fraction of sp³-hybridized carbons (Fsp3) is 0.136. The van der Waals surface area contributed by atoms with Gasteiger partial charge in [-0.1, -0.05) is 24.3 Å². The molecule has 3 aromatic rings. The molecule has 0 spiro atoms. The topological polar surface area (TPSA) is 56.8 Å². The SMILES string of the molecule is COc1ccccc1OCC(=O)Nc1ccc(Oc2cccc(C)c2)cc1. The number of ether oxygens (including phenoxy) is 3. The smallest absolute Gasteiger partial charge is 0.262 e. The second-order valence-corrected chi connectivity index (χ2v) is 5.93. The Labute approximate surface area is 158 Å². The molecule has 1 N–H and O–H groups in total. The van der Waals surface area contributed by atoms with Gasteiger partial charge in [0.25, 0.3) is 5.91 Å². The van der Waals surface area contributed by atoms with Crippen molar-refractivity contribution in [2.24, 2.45) is 0 Å². The molecule has 0 atom stereocenters. The maximum absolute atomic E-state index is 12.1. The van der Waals surface area contributed by atoms with Crippen LogP contribution >= 0.6 is 0 Å². The Kier molecular flexibility index (Phi) is 5.94. The first-order chi connectivity index (χ1) is 13.1. The van der Waals surface area contributed by atoms with E-state index in [1.165, 1.54) is 0 Å². The first-order valence-electron chi connectivity index (χ1n) is 8.54. The molecule has 0 saturated heterocycles. The molecule has 0 aromatic heterocycles. The zero-order chi connectivity index (χ0) is 19.1. The molecule has 0 bridgehead atoms. The third-order valence-corrected chi connectivity index (χ3v) is 3.79. The molecule has 138 valence electrons. The lowest BCUT2D eigenvalue weighted by atomic mass is 10.2. The number of nitrogens with one attached hydrogen (secondary N) is 1. The predicted molar refractivity (Wildman–Crippen MR) is 105 cm³/mol. The lowest BCUT2D eigenvalue weighted by molar-refractivity contribution is -0.118. The van der Waals surface area contributed by atoms with Gasteiger partial charge < -0.3 is 19.5 Å². The van der Waals surface area contributed by atoms with Gasteiger partial charge in [-0.15, -0.1) is 0 Å². The normalized spacial score (nSPS) is 10.1. The van der Waals surface area contributed by atoms with Crippen LogP contribution in [0.5, 0.6) is 23.0 Å². The first kappa shape index (κ1) is 18.3. The summed E-state index contributed by atoms with van der Waals surface area (Å²) in [5.41, 5.74) is 1.80. The van der Waals surface area contributed by atoms with E-state index in [0.29, 0.717) is 22.9 Å². The van der Waals surface area contributed by atoms with E-state index in [9.17, 15) is 4.79 Å². The molecular weight excluding hydrogens is 342 g/mol. The average Bonchev–Trinajstić information content (AvgIpc) is 2.68. The van der Waals surface area contributed by atoms with Crippen LogP contribution in [0.3, 0.4) is 0 Å². The molecule has 5 nitrogen and oxygen atoms in total. The Bertz CT molecular complexity index is 906. The molecule has 0 aliphatic heterocycles. The van der Waals surface area contributed by atoms with Crippen molar-refractivity contribution in [1.82, 2.24) is 0 Å². The second-order valence-electron chi connectivity index (χ2n) is 5.93. The molecule has 0 fully saturated rings. The third-order valence-electron chi connectivity index (χ3n) is 3.79. The summed E-state index contributed by atoms with van der Waals surface area (Å²) in [7, 11) is 1.56. The monoisotopic (exact) mass is 363 g/mol. The van der Waals surface area contributed by atoms with Crippen LogP contribution in [-0.2, 0) is 4.79 Å². The van der Waals surface area contributed by atoms with Gasteiger partial charge in [0.1, 0.15) is 11.5 Å². The number of para-hydroxylation sites is 2. The van der Waals surface area contributed by atoms with Crippen LogP contribution in [0, 0.1) is 6.92 Å². The molecule has 3 aromatic carbocycles. The Morgan fingerprint density at radius 3 is 2.33 bits per heavy atom. The maximum atomic E-state index is 12.1. The largest absolute Gasteiger partial charge is 0.493 e. The van der Waals surface area contributed by atoms with E-state index in [0.717, 1.165) is 11.3 Å². The van der Waals surface area contributed by atoms with Crippen molar-refractivity contribution < 1.29 is 19.0 Å². The molecule has 0 aliphatic rings. The van der Waals surface area contributed by atoms with Crippen molar-refractivity contribution >= 4 is 11.6 Å². The number of methoxy groups -OCH3 is 1. The molecule has 0 radical (unpaired) electrons. The molecule has 5 heteroatoms. The lowest BCUT2D eigenvalue weighted by Gasteiger charge is -2.11. The van der Waals surface area contributed by atoms with Gasteiger partial charge >= 0.3 is 0 Å². The van der Waals surface area contributed by atoms with Crippen molar-refractivity contribution in [3.8, 4) is 23.0 Å². The Morgan fingerprint density at radius 2 is 1.63 bits per heavy atom. The minimum atomic E-state index is -0.256. The minimum Gasteiger partial charge on any atom is -0.493 e. The zero-order valence-electron chi connectivity index (χ0n) is 15.3. The second kappa shape index (κ2) is 8.76. The van der Waals surface area contributed by atoms with Crippen LogP contribution in [0.4, 0.5) is 5.69 Å². The van der Waals surface area contributed by atoms with Crippen LogP contribution in [0.25, 0.3) is 0 Å². The van der Waals surface area contributed by atoms with Gasteiger partial charge in [-0.3, -0.25) is 4.79 Å². The number of amides is 1. The van der Waals surface area contributed by atoms with Crippen molar-refractivity contribution in [3.63, 3.8) is 0 Å². The van der Waals surface area contributed by atoms with Crippen LogP contribution in [0.2, 0.25) is 0 Å². The Morgan fingerprint density at radius 1 is 0.889 bits per heavy atom. The van der Waals surface area contributed by atoms with Gasteiger partial charge in [-0.2, -0.15) is 0 Å². The highest BCUT2D eigenvalue weighted by Crippen LogP contribution is 2.26. The van der Waals surface area contributed by atoms with E-state index in [1.54, 1.807) is 43.5 Å². The summed E-state index contributed by atoms with van der Waals surface area (Å²) in [4.78, 5) is 12.1. The molecule has 0 aliphatic carbocycles. The number of hydrogen-bond donors (Lipinski definition) is 1. The molecule has 0 unspecified atom stereocenters. The fourth-order valence-electron chi connectivity index (χ4n) is 2.50. The van der Waals surface area contributed by atoms with Gasteiger partial charge in [0.05, 0.1) is 7.11 Å². The molecule has 3 rings (SSSR count). The Balaban J connectivity index is 1.54. The lowest BCUT2D eigenvalue weighted by Crippen LogP contribution is -2.20. The number of anilines is 1. The van der Waals surface area contributed by atoms with E-state index < -0.39 is 0 Å². The molecule has 1 amide bonds. The summed E-state index contributed by atoms with van der Waals surface area (Å²) in [6.07, 6.45) is 0. The summed E-state index contributed by atoms with van der Waals surface area (Å²) in [5, 5.41) is 2.79.